The highest BCUT2D eigenvalue weighted by Gasteiger charge is 2.45. The largest absolute Gasteiger partial charge is 0.489 e. The summed E-state index contributed by atoms with van der Waals surface area (Å²) in [6, 6.07) is 11.8. The Bertz CT molecular complexity index is 1090. The maximum Gasteiger partial charge on any atom is 0.335 e. The van der Waals surface area contributed by atoms with Crippen molar-refractivity contribution in [2.24, 2.45) is 5.41 Å². The molecule has 4 heteroatoms. The van der Waals surface area contributed by atoms with Gasteiger partial charge in [-0.2, -0.15) is 0 Å². The molecule has 1 spiro atoms. The average molecular weight is 404 g/mol. The third kappa shape index (κ3) is 3.19. The van der Waals surface area contributed by atoms with Crippen LogP contribution >= 0.6 is 0 Å². The molecular weight excluding hydrogens is 374 g/mol. The molecule has 4 nitrogen and oxygen atoms in total. The first-order chi connectivity index (χ1) is 14.5. The molecular formula is C26H29NO3. The summed E-state index contributed by atoms with van der Waals surface area (Å²) in [7, 11) is 0. The number of ether oxygens (including phenoxy) is 1. The molecule has 2 aromatic carbocycles. The first-order valence-electron chi connectivity index (χ1n) is 11.0. The maximum atomic E-state index is 11.3. The number of carboxylic acid groups (broad SMARTS) is 1. The van der Waals surface area contributed by atoms with Gasteiger partial charge in [0.1, 0.15) is 11.9 Å². The maximum absolute atomic E-state index is 11.3. The van der Waals surface area contributed by atoms with E-state index < -0.39 is 5.97 Å². The van der Waals surface area contributed by atoms with Crippen LogP contribution in [0, 0.1) is 19.3 Å². The number of carbonyl (C=O) groups is 1. The summed E-state index contributed by atoms with van der Waals surface area (Å²) in [5.41, 5.74) is 5.55. The van der Waals surface area contributed by atoms with Crippen molar-refractivity contribution in [1.29, 1.82) is 0 Å². The average Bonchev–Trinajstić information content (AvgIpc) is 3.20. The zero-order valence-electron chi connectivity index (χ0n) is 17.7. The molecule has 2 N–H and O–H groups in total. The molecule has 2 atom stereocenters. The fraction of sp³-hybridized carbons (Fsp3) is 0.423. The van der Waals surface area contributed by atoms with Crippen LogP contribution in [0.15, 0.2) is 42.6 Å². The second kappa shape index (κ2) is 7.19. The van der Waals surface area contributed by atoms with Crippen molar-refractivity contribution in [2.45, 2.75) is 64.4 Å². The van der Waals surface area contributed by atoms with Crippen molar-refractivity contribution in [1.82, 2.24) is 4.98 Å². The Labute approximate surface area is 177 Å². The van der Waals surface area contributed by atoms with E-state index in [0.29, 0.717) is 11.0 Å². The van der Waals surface area contributed by atoms with E-state index in [1.54, 1.807) is 12.1 Å². The number of fused-ring (bicyclic) bond motifs is 1. The number of aromatic nitrogens is 1. The van der Waals surface area contributed by atoms with Gasteiger partial charge < -0.3 is 14.8 Å². The van der Waals surface area contributed by atoms with E-state index in [1.165, 1.54) is 42.4 Å². The van der Waals surface area contributed by atoms with Crippen LogP contribution in [0.5, 0.6) is 5.75 Å². The normalized spacial score (nSPS) is 22.7. The molecule has 0 amide bonds. The van der Waals surface area contributed by atoms with E-state index in [1.807, 2.05) is 18.3 Å². The minimum absolute atomic E-state index is 0.103. The fourth-order valence-corrected chi connectivity index (χ4v) is 5.69. The Kier molecular flexibility index (Phi) is 4.61. The van der Waals surface area contributed by atoms with Gasteiger partial charge >= 0.3 is 5.97 Å². The second-order valence-electron chi connectivity index (χ2n) is 9.39. The van der Waals surface area contributed by atoms with Gasteiger partial charge in [0.2, 0.25) is 0 Å². The van der Waals surface area contributed by atoms with Gasteiger partial charge in [0.15, 0.2) is 0 Å². The lowest BCUT2D eigenvalue weighted by Crippen LogP contribution is -2.42. The minimum Gasteiger partial charge on any atom is -0.489 e. The van der Waals surface area contributed by atoms with Crippen LogP contribution in [0.3, 0.4) is 0 Å². The van der Waals surface area contributed by atoms with Crippen molar-refractivity contribution in [3.05, 3.63) is 64.8 Å². The van der Waals surface area contributed by atoms with E-state index in [-0.39, 0.29) is 12.0 Å². The van der Waals surface area contributed by atoms with E-state index in [4.69, 9.17) is 4.74 Å². The fourth-order valence-electron chi connectivity index (χ4n) is 5.69. The van der Waals surface area contributed by atoms with Gasteiger partial charge in [-0.1, -0.05) is 24.6 Å². The number of nitrogens with one attached hydrogen (secondary N) is 1. The third-order valence-corrected chi connectivity index (χ3v) is 7.51. The van der Waals surface area contributed by atoms with E-state index in [2.05, 4.69) is 31.0 Å². The Hall–Kier alpha value is -2.75. The van der Waals surface area contributed by atoms with Crippen LogP contribution in [-0.2, 0) is 0 Å². The summed E-state index contributed by atoms with van der Waals surface area (Å²) in [5, 5.41) is 10.4. The highest BCUT2D eigenvalue weighted by Crippen LogP contribution is 2.56. The summed E-state index contributed by atoms with van der Waals surface area (Å²) >= 11 is 0. The van der Waals surface area contributed by atoms with Crippen molar-refractivity contribution in [3.8, 4) is 5.75 Å². The molecule has 0 saturated heterocycles. The molecule has 0 radical (unpaired) electrons. The van der Waals surface area contributed by atoms with Crippen LogP contribution in [0.1, 0.15) is 71.5 Å². The summed E-state index contributed by atoms with van der Waals surface area (Å²) < 4.78 is 6.78. The number of H-pyrrole nitrogens is 1. The van der Waals surface area contributed by atoms with Crippen molar-refractivity contribution in [3.63, 3.8) is 0 Å². The number of carboxylic acids is 1. The molecule has 156 valence electrons. The SMILES string of the molecule is Cc1cc(C)c2[nH]ccc2c1O[C@@H]1CCC2(CCC2)C[C@H]1c1ccc(C(=O)O)cc1. The summed E-state index contributed by atoms with van der Waals surface area (Å²) in [6.07, 6.45) is 9.45. The van der Waals surface area contributed by atoms with Gasteiger partial charge in [-0.05, 0) is 86.3 Å². The molecule has 3 aromatic rings. The summed E-state index contributed by atoms with van der Waals surface area (Å²) in [4.78, 5) is 14.6. The molecule has 2 aliphatic carbocycles. The standard InChI is InChI=1S/C26H29NO3/c1-16-14-17(2)24(20-9-13-27-23(16)20)30-22-8-12-26(10-3-11-26)15-21(22)18-4-6-19(7-5-18)25(28)29/h4-7,9,13-14,21-22,27H,3,8,10-12,15H2,1-2H3,(H,28,29)/t21-,22+/m0/s1. The Morgan fingerprint density at radius 1 is 1.10 bits per heavy atom. The molecule has 0 bridgehead atoms. The quantitative estimate of drug-likeness (QED) is 0.532. The first kappa shape index (κ1) is 19.2. The third-order valence-electron chi connectivity index (χ3n) is 7.51. The monoisotopic (exact) mass is 403 g/mol. The molecule has 2 fully saturated rings. The zero-order valence-corrected chi connectivity index (χ0v) is 17.7. The number of aryl methyl sites for hydroxylation is 2. The Morgan fingerprint density at radius 2 is 1.87 bits per heavy atom. The van der Waals surface area contributed by atoms with Crippen LogP contribution in [0.2, 0.25) is 0 Å². The molecule has 1 heterocycles. The first-order valence-corrected chi connectivity index (χ1v) is 11.0. The lowest BCUT2D eigenvalue weighted by atomic mass is 9.57. The highest BCUT2D eigenvalue weighted by molar-refractivity contribution is 5.90. The molecule has 2 saturated carbocycles. The van der Waals surface area contributed by atoms with Crippen LogP contribution < -0.4 is 4.74 Å². The van der Waals surface area contributed by atoms with Crippen LogP contribution in [-0.4, -0.2) is 22.2 Å². The van der Waals surface area contributed by atoms with E-state index in [9.17, 15) is 9.90 Å². The summed E-state index contributed by atoms with van der Waals surface area (Å²) in [6.45, 7) is 4.26. The van der Waals surface area contributed by atoms with Crippen molar-refractivity contribution in [2.75, 3.05) is 0 Å². The van der Waals surface area contributed by atoms with Gasteiger partial charge in [-0.15, -0.1) is 0 Å². The number of aromatic amines is 1. The highest BCUT2D eigenvalue weighted by atomic mass is 16.5. The predicted octanol–water partition coefficient (Wildman–Crippen LogP) is 6.37. The van der Waals surface area contributed by atoms with E-state index >= 15 is 0 Å². The number of rotatable bonds is 4. The van der Waals surface area contributed by atoms with Gasteiger partial charge in [-0.25, -0.2) is 4.79 Å². The Morgan fingerprint density at radius 3 is 2.53 bits per heavy atom. The zero-order chi connectivity index (χ0) is 20.9. The van der Waals surface area contributed by atoms with E-state index in [0.717, 1.165) is 29.5 Å². The minimum atomic E-state index is -0.876. The van der Waals surface area contributed by atoms with Gasteiger partial charge in [0, 0.05) is 17.5 Å². The number of hydrogen-bond acceptors (Lipinski definition) is 2. The lowest BCUT2D eigenvalue weighted by molar-refractivity contribution is 0.00664. The molecule has 1 aromatic heterocycles. The van der Waals surface area contributed by atoms with Crippen molar-refractivity contribution >= 4 is 16.9 Å². The number of hydrogen-bond donors (Lipinski definition) is 2. The number of aromatic carboxylic acids is 1. The smallest absolute Gasteiger partial charge is 0.335 e. The molecule has 30 heavy (non-hydrogen) atoms. The van der Waals surface area contributed by atoms with Gasteiger partial charge in [0.05, 0.1) is 11.1 Å². The number of benzene rings is 2. The van der Waals surface area contributed by atoms with Gasteiger partial charge in [-0.3, -0.25) is 0 Å². The molecule has 0 aliphatic heterocycles. The van der Waals surface area contributed by atoms with Crippen molar-refractivity contribution < 1.29 is 14.6 Å². The van der Waals surface area contributed by atoms with Crippen LogP contribution in [0.4, 0.5) is 0 Å². The molecule has 2 aliphatic rings. The molecule has 5 rings (SSSR count). The lowest BCUT2D eigenvalue weighted by Gasteiger charge is -2.50. The molecule has 0 unspecified atom stereocenters. The Balaban J connectivity index is 1.50. The predicted molar refractivity (Wildman–Crippen MR) is 118 cm³/mol. The second-order valence-corrected chi connectivity index (χ2v) is 9.39. The van der Waals surface area contributed by atoms with Crippen LogP contribution in [0.25, 0.3) is 10.9 Å². The van der Waals surface area contributed by atoms with Gasteiger partial charge in [0.25, 0.3) is 0 Å². The summed E-state index contributed by atoms with van der Waals surface area (Å²) in [5.74, 6) is 0.397. The topological polar surface area (TPSA) is 62.3 Å².